The standard InChI is InChI=1S/C14H19N/c1-5-6-9-15-13(4)14-10-11(2)7-8-12(14)3/h7-8,10,13,15H,9H2,1-4H3. The van der Waals surface area contributed by atoms with Crippen molar-refractivity contribution in [1.29, 1.82) is 0 Å². The molecule has 1 N–H and O–H groups in total. The maximum absolute atomic E-state index is 3.39. The minimum absolute atomic E-state index is 0.366. The van der Waals surface area contributed by atoms with Crippen LogP contribution in [-0.4, -0.2) is 6.54 Å². The van der Waals surface area contributed by atoms with E-state index in [1.165, 1.54) is 16.7 Å². The second kappa shape index (κ2) is 5.58. The molecule has 80 valence electrons. The molecule has 0 aliphatic heterocycles. The molecule has 0 aliphatic carbocycles. The summed E-state index contributed by atoms with van der Waals surface area (Å²) >= 11 is 0. The average Bonchev–Trinajstić information content (AvgIpc) is 2.22. The van der Waals surface area contributed by atoms with Crippen molar-refractivity contribution < 1.29 is 0 Å². The van der Waals surface area contributed by atoms with Gasteiger partial charge in [0.2, 0.25) is 0 Å². The van der Waals surface area contributed by atoms with Gasteiger partial charge in [-0.3, -0.25) is 5.32 Å². The molecular weight excluding hydrogens is 182 g/mol. The van der Waals surface area contributed by atoms with Crippen LogP contribution in [0.25, 0.3) is 0 Å². The van der Waals surface area contributed by atoms with E-state index in [0.717, 1.165) is 6.54 Å². The lowest BCUT2D eigenvalue weighted by Crippen LogP contribution is -2.19. The van der Waals surface area contributed by atoms with Crippen molar-refractivity contribution in [1.82, 2.24) is 5.32 Å². The highest BCUT2D eigenvalue weighted by molar-refractivity contribution is 5.32. The summed E-state index contributed by atoms with van der Waals surface area (Å²) in [7, 11) is 0. The van der Waals surface area contributed by atoms with Gasteiger partial charge in [0.05, 0.1) is 6.54 Å². The summed E-state index contributed by atoms with van der Waals surface area (Å²) in [6, 6.07) is 6.93. The SMILES string of the molecule is CC#CCNC(C)c1cc(C)ccc1C. The maximum atomic E-state index is 3.39. The second-order valence-electron chi connectivity index (χ2n) is 3.89. The van der Waals surface area contributed by atoms with Gasteiger partial charge in [0.25, 0.3) is 0 Å². The molecule has 15 heavy (non-hydrogen) atoms. The number of aryl methyl sites for hydroxylation is 2. The monoisotopic (exact) mass is 201 g/mol. The Kier molecular flexibility index (Phi) is 4.39. The highest BCUT2D eigenvalue weighted by atomic mass is 14.9. The first-order chi connectivity index (χ1) is 7.15. The maximum Gasteiger partial charge on any atom is 0.0581 e. The van der Waals surface area contributed by atoms with Gasteiger partial charge in [0.15, 0.2) is 0 Å². The van der Waals surface area contributed by atoms with Crippen LogP contribution in [0.3, 0.4) is 0 Å². The Balaban J connectivity index is 2.74. The van der Waals surface area contributed by atoms with E-state index in [2.05, 4.69) is 56.1 Å². The van der Waals surface area contributed by atoms with E-state index in [4.69, 9.17) is 0 Å². The lowest BCUT2D eigenvalue weighted by molar-refractivity contribution is 0.619. The molecule has 0 aromatic heterocycles. The van der Waals surface area contributed by atoms with Crippen LogP contribution in [-0.2, 0) is 0 Å². The topological polar surface area (TPSA) is 12.0 Å². The molecule has 0 fully saturated rings. The molecular formula is C14H19N. The Bertz CT molecular complexity index is 382. The van der Waals surface area contributed by atoms with Crippen LogP contribution >= 0.6 is 0 Å². The average molecular weight is 201 g/mol. The van der Waals surface area contributed by atoms with Gasteiger partial charge < -0.3 is 0 Å². The van der Waals surface area contributed by atoms with Gasteiger partial charge in [-0.15, -0.1) is 5.92 Å². The minimum Gasteiger partial charge on any atom is -0.300 e. The fraction of sp³-hybridized carbons (Fsp3) is 0.429. The molecule has 1 atom stereocenters. The lowest BCUT2D eigenvalue weighted by Gasteiger charge is -2.15. The Morgan fingerprint density at radius 2 is 2.07 bits per heavy atom. The molecule has 1 heteroatoms. The predicted molar refractivity (Wildman–Crippen MR) is 65.8 cm³/mol. The first-order valence-electron chi connectivity index (χ1n) is 5.35. The fourth-order valence-electron chi connectivity index (χ4n) is 1.63. The summed E-state index contributed by atoms with van der Waals surface area (Å²) < 4.78 is 0. The molecule has 0 bridgehead atoms. The van der Waals surface area contributed by atoms with Crippen molar-refractivity contribution in [3.63, 3.8) is 0 Å². The second-order valence-corrected chi connectivity index (χ2v) is 3.89. The molecule has 0 amide bonds. The molecule has 0 saturated heterocycles. The molecule has 0 heterocycles. The molecule has 1 nitrogen and oxygen atoms in total. The van der Waals surface area contributed by atoms with Crippen molar-refractivity contribution >= 4 is 0 Å². The first-order valence-corrected chi connectivity index (χ1v) is 5.35. The molecule has 0 radical (unpaired) electrons. The summed E-state index contributed by atoms with van der Waals surface area (Å²) in [5, 5.41) is 3.39. The van der Waals surface area contributed by atoms with Crippen LogP contribution in [0.2, 0.25) is 0 Å². The minimum atomic E-state index is 0.366. The van der Waals surface area contributed by atoms with E-state index in [1.807, 2.05) is 6.92 Å². The zero-order chi connectivity index (χ0) is 11.3. The van der Waals surface area contributed by atoms with Crippen LogP contribution < -0.4 is 5.32 Å². The van der Waals surface area contributed by atoms with E-state index in [-0.39, 0.29) is 0 Å². The third-order valence-electron chi connectivity index (χ3n) is 2.57. The predicted octanol–water partition coefficient (Wildman–Crippen LogP) is 2.98. The van der Waals surface area contributed by atoms with Crippen molar-refractivity contribution in [3.05, 3.63) is 34.9 Å². The summed E-state index contributed by atoms with van der Waals surface area (Å²) in [6.45, 7) is 9.08. The number of nitrogens with one attached hydrogen (secondary N) is 1. The highest BCUT2D eigenvalue weighted by Crippen LogP contribution is 2.18. The number of hydrogen-bond acceptors (Lipinski definition) is 1. The zero-order valence-electron chi connectivity index (χ0n) is 10.0. The van der Waals surface area contributed by atoms with Gasteiger partial charge in [-0.2, -0.15) is 0 Å². The van der Waals surface area contributed by atoms with Gasteiger partial charge >= 0.3 is 0 Å². The smallest absolute Gasteiger partial charge is 0.0581 e. The Labute approximate surface area is 92.9 Å². The Morgan fingerprint density at radius 3 is 2.73 bits per heavy atom. The van der Waals surface area contributed by atoms with Gasteiger partial charge in [-0.05, 0) is 38.8 Å². The van der Waals surface area contributed by atoms with Gasteiger partial charge in [0, 0.05) is 6.04 Å². The Hall–Kier alpha value is -1.26. The highest BCUT2D eigenvalue weighted by Gasteiger charge is 2.06. The molecule has 0 saturated carbocycles. The van der Waals surface area contributed by atoms with E-state index in [1.54, 1.807) is 0 Å². The molecule has 0 spiro atoms. The van der Waals surface area contributed by atoms with Crippen LogP contribution in [0, 0.1) is 25.7 Å². The van der Waals surface area contributed by atoms with Crippen molar-refractivity contribution in [2.24, 2.45) is 0 Å². The van der Waals surface area contributed by atoms with E-state index in [9.17, 15) is 0 Å². The molecule has 1 unspecified atom stereocenters. The lowest BCUT2D eigenvalue weighted by atomic mass is 10.00. The Morgan fingerprint density at radius 1 is 1.33 bits per heavy atom. The molecule has 0 aliphatic rings. The van der Waals surface area contributed by atoms with Gasteiger partial charge in [0.1, 0.15) is 0 Å². The quantitative estimate of drug-likeness (QED) is 0.741. The van der Waals surface area contributed by atoms with Gasteiger partial charge in [-0.25, -0.2) is 0 Å². The third-order valence-corrected chi connectivity index (χ3v) is 2.57. The molecule has 1 aromatic carbocycles. The third kappa shape index (κ3) is 3.42. The number of rotatable bonds is 3. The fourth-order valence-corrected chi connectivity index (χ4v) is 1.63. The van der Waals surface area contributed by atoms with Crippen LogP contribution in [0.15, 0.2) is 18.2 Å². The summed E-state index contributed by atoms with van der Waals surface area (Å²) in [5.74, 6) is 5.91. The van der Waals surface area contributed by atoms with Crippen LogP contribution in [0.1, 0.15) is 36.6 Å². The van der Waals surface area contributed by atoms with Crippen LogP contribution in [0.4, 0.5) is 0 Å². The summed E-state index contributed by atoms with van der Waals surface area (Å²) in [4.78, 5) is 0. The molecule has 1 aromatic rings. The normalized spacial score (nSPS) is 11.7. The van der Waals surface area contributed by atoms with E-state index < -0.39 is 0 Å². The molecule has 1 rings (SSSR count). The van der Waals surface area contributed by atoms with Crippen molar-refractivity contribution in [3.8, 4) is 11.8 Å². The van der Waals surface area contributed by atoms with E-state index >= 15 is 0 Å². The first kappa shape index (κ1) is 11.8. The largest absolute Gasteiger partial charge is 0.300 e. The summed E-state index contributed by atoms with van der Waals surface area (Å²) in [5.41, 5.74) is 4.02. The summed E-state index contributed by atoms with van der Waals surface area (Å²) in [6.07, 6.45) is 0. The van der Waals surface area contributed by atoms with Crippen LogP contribution in [0.5, 0.6) is 0 Å². The zero-order valence-corrected chi connectivity index (χ0v) is 10.0. The van der Waals surface area contributed by atoms with Gasteiger partial charge in [-0.1, -0.05) is 29.7 Å². The number of hydrogen-bond donors (Lipinski definition) is 1. The van der Waals surface area contributed by atoms with Crippen molar-refractivity contribution in [2.75, 3.05) is 6.54 Å². The van der Waals surface area contributed by atoms with Crippen molar-refractivity contribution in [2.45, 2.75) is 33.7 Å². The number of benzene rings is 1. The van der Waals surface area contributed by atoms with E-state index in [0.29, 0.717) is 6.04 Å².